The van der Waals surface area contributed by atoms with Crippen molar-refractivity contribution in [1.82, 2.24) is 10.3 Å². The highest BCUT2D eigenvalue weighted by molar-refractivity contribution is 7.80. The summed E-state index contributed by atoms with van der Waals surface area (Å²) in [5, 5.41) is 2.98. The Kier molecular flexibility index (Phi) is 4.54. The van der Waals surface area contributed by atoms with Crippen molar-refractivity contribution in [2.45, 2.75) is 44.1 Å². The van der Waals surface area contributed by atoms with Crippen LogP contribution < -0.4 is 16.6 Å². The molecule has 1 aliphatic rings. The van der Waals surface area contributed by atoms with Gasteiger partial charge in [-0.3, -0.25) is 9.59 Å². The molecule has 1 saturated carbocycles. The van der Waals surface area contributed by atoms with Gasteiger partial charge in [0.05, 0.1) is 16.1 Å². The van der Waals surface area contributed by atoms with Crippen LogP contribution in [0.1, 0.15) is 48.9 Å². The van der Waals surface area contributed by atoms with Crippen molar-refractivity contribution in [3.8, 4) is 0 Å². The van der Waals surface area contributed by atoms with Gasteiger partial charge in [0, 0.05) is 12.3 Å². The van der Waals surface area contributed by atoms with Gasteiger partial charge in [0.1, 0.15) is 0 Å². The summed E-state index contributed by atoms with van der Waals surface area (Å²) in [5.41, 5.74) is 5.45. The first-order valence-corrected chi connectivity index (χ1v) is 7.25. The summed E-state index contributed by atoms with van der Waals surface area (Å²) < 4.78 is 0. The number of H-pyrrole nitrogens is 1. The van der Waals surface area contributed by atoms with Gasteiger partial charge in [-0.2, -0.15) is 0 Å². The second-order valence-electron chi connectivity index (χ2n) is 5.26. The van der Waals surface area contributed by atoms with Gasteiger partial charge >= 0.3 is 0 Å². The smallest absolute Gasteiger partial charge is 0.253 e. The molecular formula is C14H19N3O2S. The number of rotatable bonds is 3. The van der Waals surface area contributed by atoms with Gasteiger partial charge in [-0.05, 0) is 18.9 Å². The summed E-state index contributed by atoms with van der Waals surface area (Å²) in [6.07, 6.45) is 7.24. The lowest BCUT2D eigenvalue weighted by atomic mass is 9.89. The van der Waals surface area contributed by atoms with Gasteiger partial charge in [-0.15, -0.1) is 0 Å². The molecule has 108 valence electrons. The summed E-state index contributed by atoms with van der Waals surface area (Å²) >= 11 is 5.18. The molecule has 5 nitrogen and oxygen atoms in total. The first-order valence-electron chi connectivity index (χ1n) is 6.85. The van der Waals surface area contributed by atoms with E-state index in [9.17, 15) is 9.59 Å². The second-order valence-corrected chi connectivity index (χ2v) is 5.70. The molecule has 0 bridgehead atoms. The van der Waals surface area contributed by atoms with Crippen LogP contribution in [0, 0.1) is 0 Å². The minimum atomic E-state index is -0.598. The fourth-order valence-corrected chi connectivity index (χ4v) is 2.86. The maximum Gasteiger partial charge on any atom is 0.253 e. The van der Waals surface area contributed by atoms with E-state index in [2.05, 4.69) is 10.3 Å². The molecule has 1 fully saturated rings. The van der Waals surface area contributed by atoms with Gasteiger partial charge in [0.2, 0.25) is 5.56 Å². The number of thiocarbonyl (C=S) groups is 1. The third-order valence-electron chi connectivity index (χ3n) is 3.83. The van der Waals surface area contributed by atoms with E-state index in [0.717, 1.165) is 38.5 Å². The van der Waals surface area contributed by atoms with Crippen LogP contribution in [0.3, 0.4) is 0 Å². The Morgan fingerprint density at radius 3 is 2.40 bits per heavy atom. The lowest BCUT2D eigenvalue weighted by molar-refractivity contribution is 0.0917. The summed E-state index contributed by atoms with van der Waals surface area (Å²) in [6.45, 7) is 0. The van der Waals surface area contributed by atoms with Crippen LogP contribution in [-0.2, 0) is 0 Å². The molecule has 0 atom stereocenters. The number of hydrogen-bond donors (Lipinski definition) is 3. The number of nitrogens with two attached hydrogens (primary N) is 1. The summed E-state index contributed by atoms with van der Waals surface area (Å²) in [4.78, 5) is 26.2. The molecule has 1 heterocycles. The Labute approximate surface area is 123 Å². The molecule has 0 saturated heterocycles. The Morgan fingerprint density at radius 2 is 1.90 bits per heavy atom. The highest BCUT2D eigenvalue weighted by Gasteiger charge is 2.35. The predicted octanol–water partition coefficient (Wildman–Crippen LogP) is 1.48. The number of carbonyl (C=O) groups excluding carboxylic acids is 1. The van der Waals surface area contributed by atoms with Crippen molar-refractivity contribution >= 4 is 23.1 Å². The zero-order valence-corrected chi connectivity index (χ0v) is 12.1. The van der Waals surface area contributed by atoms with Crippen LogP contribution in [0.5, 0.6) is 0 Å². The molecule has 1 aromatic heterocycles. The number of amides is 1. The normalized spacial score (nSPS) is 18.0. The first kappa shape index (κ1) is 14.7. The van der Waals surface area contributed by atoms with E-state index in [0.29, 0.717) is 10.6 Å². The molecule has 6 heteroatoms. The number of hydrogen-bond acceptors (Lipinski definition) is 3. The van der Waals surface area contributed by atoms with Crippen LogP contribution in [0.2, 0.25) is 0 Å². The number of pyridine rings is 1. The summed E-state index contributed by atoms with van der Waals surface area (Å²) in [7, 11) is 0. The van der Waals surface area contributed by atoms with Crippen molar-refractivity contribution in [3.05, 3.63) is 34.2 Å². The topological polar surface area (TPSA) is 88.0 Å². The minimum Gasteiger partial charge on any atom is -0.391 e. The van der Waals surface area contributed by atoms with Crippen molar-refractivity contribution < 1.29 is 4.79 Å². The second kappa shape index (κ2) is 6.17. The number of nitrogens with one attached hydrogen (secondary N) is 2. The van der Waals surface area contributed by atoms with Gasteiger partial charge in [0.25, 0.3) is 5.91 Å². The molecule has 0 spiro atoms. The summed E-state index contributed by atoms with van der Waals surface area (Å²) in [6, 6.07) is 2.83. The molecule has 1 aliphatic carbocycles. The van der Waals surface area contributed by atoms with Gasteiger partial charge in [-0.1, -0.05) is 37.9 Å². The monoisotopic (exact) mass is 293 g/mol. The van der Waals surface area contributed by atoms with Gasteiger partial charge in [0.15, 0.2) is 0 Å². The van der Waals surface area contributed by atoms with Crippen molar-refractivity contribution in [2.24, 2.45) is 5.73 Å². The van der Waals surface area contributed by atoms with E-state index < -0.39 is 5.54 Å². The zero-order chi connectivity index (χ0) is 14.6. The molecule has 0 aromatic carbocycles. The van der Waals surface area contributed by atoms with Crippen LogP contribution in [0.25, 0.3) is 0 Å². The minimum absolute atomic E-state index is 0.236. The van der Waals surface area contributed by atoms with Crippen LogP contribution >= 0.6 is 12.2 Å². The van der Waals surface area contributed by atoms with Crippen molar-refractivity contribution in [2.75, 3.05) is 0 Å². The van der Waals surface area contributed by atoms with E-state index in [-0.39, 0.29) is 11.5 Å². The van der Waals surface area contributed by atoms with Crippen molar-refractivity contribution in [1.29, 1.82) is 0 Å². The fraction of sp³-hybridized carbons (Fsp3) is 0.500. The SMILES string of the molecule is NC(=S)C1(NC(=O)c2ccc(=O)[nH]c2)CCCCCC1. The predicted molar refractivity (Wildman–Crippen MR) is 81.7 cm³/mol. The molecule has 0 aliphatic heterocycles. The van der Waals surface area contributed by atoms with E-state index in [4.69, 9.17) is 18.0 Å². The average molecular weight is 293 g/mol. The molecule has 1 amide bonds. The fourth-order valence-electron chi connectivity index (χ4n) is 2.61. The van der Waals surface area contributed by atoms with Crippen LogP contribution in [0.4, 0.5) is 0 Å². The highest BCUT2D eigenvalue weighted by atomic mass is 32.1. The Balaban J connectivity index is 2.19. The van der Waals surface area contributed by atoms with E-state index in [1.165, 1.54) is 18.3 Å². The maximum atomic E-state index is 12.3. The average Bonchev–Trinajstić information content (AvgIpc) is 2.66. The van der Waals surface area contributed by atoms with Gasteiger partial charge < -0.3 is 16.0 Å². The summed E-state index contributed by atoms with van der Waals surface area (Å²) in [5.74, 6) is -0.254. The quantitative estimate of drug-likeness (QED) is 0.582. The van der Waals surface area contributed by atoms with Gasteiger partial charge in [-0.25, -0.2) is 0 Å². The third kappa shape index (κ3) is 3.25. The molecule has 0 unspecified atom stereocenters. The third-order valence-corrected chi connectivity index (χ3v) is 4.22. The van der Waals surface area contributed by atoms with Crippen LogP contribution in [-0.4, -0.2) is 21.4 Å². The largest absolute Gasteiger partial charge is 0.391 e. The van der Waals surface area contributed by atoms with Crippen molar-refractivity contribution in [3.63, 3.8) is 0 Å². The number of carbonyl (C=O) groups is 1. The van der Waals surface area contributed by atoms with E-state index >= 15 is 0 Å². The lowest BCUT2D eigenvalue weighted by Crippen LogP contribution is -2.56. The van der Waals surface area contributed by atoms with E-state index in [1.54, 1.807) is 0 Å². The highest BCUT2D eigenvalue weighted by Crippen LogP contribution is 2.27. The molecule has 20 heavy (non-hydrogen) atoms. The standard InChI is InChI=1S/C14H19N3O2S/c15-13(20)14(7-3-1-2-4-8-14)17-12(19)10-5-6-11(18)16-9-10/h5-6,9H,1-4,7-8H2,(H2,15,20)(H,16,18)(H,17,19). The van der Waals surface area contributed by atoms with Crippen LogP contribution in [0.15, 0.2) is 23.1 Å². The molecule has 0 radical (unpaired) electrons. The Hall–Kier alpha value is -1.69. The molecular weight excluding hydrogens is 274 g/mol. The number of aromatic amines is 1. The Morgan fingerprint density at radius 1 is 1.25 bits per heavy atom. The maximum absolute atomic E-state index is 12.3. The first-order chi connectivity index (χ1) is 9.53. The zero-order valence-electron chi connectivity index (χ0n) is 11.3. The molecule has 4 N–H and O–H groups in total. The lowest BCUT2D eigenvalue weighted by Gasteiger charge is -2.32. The van der Waals surface area contributed by atoms with E-state index in [1.807, 2.05) is 0 Å². The molecule has 1 aromatic rings. The Bertz CT molecular complexity index is 539. The molecule has 2 rings (SSSR count). The number of aromatic nitrogens is 1.